The number of H-pyrrole nitrogens is 1. The van der Waals surface area contributed by atoms with Gasteiger partial charge < -0.3 is 9.72 Å². The van der Waals surface area contributed by atoms with E-state index in [2.05, 4.69) is 38.4 Å². The summed E-state index contributed by atoms with van der Waals surface area (Å²) in [5.41, 5.74) is 3.72. The van der Waals surface area contributed by atoms with E-state index < -0.39 is 0 Å². The van der Waals surface area contributed by atoms with Gasteiger partial charge in [0.05, 0.1) is 18.7 Å². The predicted molar refractivity (Wildman–Crippen MR) is 111 cm³/mol. The van der Waals surface area contributed by atoms with Gasteiger partial charge in [0.15, 0.2) is 5.82 Å². The molecule has 1 aliphatic rings. The maximum absolute atomic E-state index is 13.2. The average Bonchev–Trinajstić information content (AvgIpc) is 3.19. The highest BCUT2D eigenvalue weighted by Crippen LogP contribution is 2.30. The second-order valence-electron chi connectivity index (χ2n) is 7.79. The number of tetrazole rings is 1. The number of piperidine rings is 1. The normalized spacial score (nSPS) is 16.4. The molecular formula is C21H28N6O2. The molecular weight excluding hydrogens is 368 g/mol. The van der Waals surface area contributed by atoms with Gasteiger partial charge in [0.25, 0.3) is 5.56 Å². The molecule has 8 nitrogen and oxygen atoms in total. The van der Waals surface area contributed by atoms with E-state index in [0.717, 1.165) is 48.0 Å². The quantitative estimate of drug-likeness (QED) is 0.688. The van der Waals surface area contributed by atoms with Crippen molar-refractivity contribution in [3.63, 3.8) is 0 Å². The van der Waals surface area contributed by atoms with Gasteiger partial charge in [-0.2, -0.15) is 0 Å². The average molecular weight is 396 g/mol. The summed E-state index contributed by atoms with van der Waals surface area (Å²) in [5, 5.41) is 13.5. The summed E-state index contributed by atoms with van der Waals surface area (Å²) >= 11 is 0. The van der Waals surface area contributed by atoms with Crippen LogP contribution in [-0.4, -0.2) is 56.9 Å². The Bertz CT molecular complexity index is 1050. The molecule has 1 saturated heterocycles. The van der Waals surface area contributed by atoms with E-state index in [9.17, 15) is 4.79 Å². The summed E-state index contributed by atoms with van der Waals surface area (Å²) < 4.78 is 6.97. The summed E-state index contributed by atoms with van der Waals surface area (Å²) in [6.45, 7) is 7.00. The van der Waals surface area contributed by atoms with Gasteiger partial charge in [-0.15, -0.1) is 5.10 Å². The summed E-state index contributed by atoms with van der Waals surface area (Å²) in [4.78, 5) is 18.7. The van der Waals surface area contributed by atoms with Crippen LogP contribution < -0.4 is 5.56 Å². The number of hydrogen-bond acceptors (Lipinski definition) is 6. The van der Waals surface area contributed by atoms with Crippen molar-refractivity contribution in [2.75, 3.05) is 26.8 Å². The minimum atomic E-state index is -0.282. The highest BCUT2D eigenvalue weighted by molar-refractivity contribution is 5.85. The number of likely N-dealkylation sites (tertiary alicyclic amines) is 1. The summed E-state index contributed by atoms with van der Waals surface area (Å²) in [7, 11) is 1.66. The number of nitrogens with one attached hydrogen (secondary N) is 1. The summed E-state index contributed by atoms with van der Waals surface area (Å²) in [6, 6.07) is 5.89. The molecule has 1 aliphatic heterocycles. The molecule has 0 saturated carbocycles. The zero-order chi connectivity index (χ0) is 20.4. The van der Waals surface area contributed by atoms with Crippen LogP contribution in [0.1, 0.15) is 47.8 Å². The Hall–Kier alpha value is -2.58. The Morgan fingerprint density at radius 1 is 1.17 bits per heavy atom. The first kappa shape index (κ1) is 19.7. The van der Waals surface area contributed by atoms with Crippen LogP contribution in [0.5, 0.6) is 0 Å². The van der Waals surface area contributed by atoms with E-state index in [1.165, 1.54) is 6.42 Å². The smallest absolute Gasteiger partial charge is 0.253 e. The molecule has 0 amide bonds. The molecule has 8 heteroatoms. The third kappa shape index (κ3) is 3.82. The lowest BCUT2D eigenvalue weighted by Crippen LogP contribution is -2.38. The third-order valence-corrected chi connectivity index (χ3v) is 5.83. The number of hydrogen-bond donors (Lipinski definition) is 1. The second kappa shape index (κ2) is 8.42. The lowest BCUT2D eigenvalue weighted by molar-refractivity contribution is 0.163. The van der Waals surface area contributed by atoms with Crippen LogP contribution in [0.4, 0.5) is 0 Å². The van der Waals surface area contributed by atoms with Crippen molar-refractivity contribution in [2.24, 2.45) is 0 Å². The number of aryl methyl sites for hydroxylation is 2. The minimum Gasteiger partial charge on any atom is -0.383 e. The van der Waals surface area contributed by atoms with E-state index in [-0.39, 0.29) is 11.6 Å². The van der Waals surface area contributed by atoms with Crippen LogP contribution in [0, 0.1) is 13.8 Å². The molecule has 3 aromatic rings. The Balaban J connectivity index is 1.88. The van der Waals surface area contributed by atoms with Crippen LogP contribution in [0.3, 0.4) is 0 Å². The van der Waals surface area contributed by atoms with Crippen LogP contribution in [0.25, 0.3) is 10.9 Å². The molecule has 1 N–H and O–H groups in total. The number of aromatic nitrogens is 5. The van der Waals surface area contributed by atoms with E-state index >= 15 is 0 Å². The maximum Gasteiger partial charge on any atom is 0.253 e. The lowest BCUT2D eigenvalue weighted by atomic mass is 9.98. The highest BCUT2D eigenvalue weighted by Gasteiger charge is 2.31. The first-order valence-corrected chi connectivity index (χ1v) is 10.2. The number of aromatic amines is 1. The number of methoxy groups -OCH3 is 1. The van der Waals surface area contributed by atoms with Crippen LogP contribution in [0.2, 0.25) is 0 Å². The molecule has 0 aliphatic carbocycles. The molecule has 1 fully saturated rings. The number of benzene rings is 1. The molecule has 0 spiro atoms. The number of ether oxygens (including phenoxy) is 1. The summed E-state index contributed by atoms with van der Waals surface area (Å²) in [6.07, 6.45) is 3.43. The van der Waals surface area contributed by atoms with Gasteiger partial charge in [-0.3, -0.25) is 9.69 Å². The highest BCUT2D eigenvalue weighted by atomic mass is 16.5. The van der Waals surface area contributed by atoms with Crippen LogP contribution in [0.15, 0.2) is 23.0 Å². The third-order valence-electron chi connectivity index (χ3n) is 5.83. The molecule has 0 radical (unpaired) electrons. The topological polar surface area (TPSA) is 88.9 Å². The Morgan fingerprint density at radius 2 is 1.93 bits per heavy atom. The molecule has 0 bridgehead atoms. The van der Waals surface area contributed by atoms with Crippen molar-refractivity contribution < 1.29 is 4.74 Å². The number of fused-ring (bicyclic) bond motifs is 1. The second-order valence-corrected chi connectivity index (χ2v) is 7.79. The fourth-order valence-electron chi connectivity index (χ4n) is 4.21. The van der Waals surface area contributed by atoms with E-state index in [1.54, 1.807) is 11.8 Å². The Morgan fingerprint density at radius 3 is 2.69 bits per heavy atom. The van der Waals surface area contributed by atoms with Crippen molar-refractivity contribution in [1.82, 2.24) is 30.1 Å². The minimum absolute atomic E-state index is 0.0805. The van der Waals surface area contributed by atoms with E-state index in [4.69, 9.17) is 4.74 Å². The van der Waals surface area contributed by atoms with Gasteiger partial charge in [-0.05, 0) is 67.4 Å². The SMILES string of the molecule is COCCn1nnnc1[C@@H](c1cc2c(C)ccc(C)c2[nH]c1=O)N1CCCCC1. The standard InChI is InChI=1S/C21H28N6O2/c1-14-7-8-15(2)18-16(14)13-17(21(28)22-18)19(26-9-5-4-6-10-26)20-23-24-25-27(20)11-12-29-3/h7-8,13,19H,4-6,9-12H2,1-3H3,(H,22,28)/t19-/m1/s1. The van der Waals surface area contributed by atoms with Crippen molar-refractivity contribution >= 4 is 10.9 Å². The van der Waals surface area contributed by atoms with Crippen LogP contribution >= 0.6 is 0 Å². The fourth-order valence-corrected chi connectivity index (χ4v) is 4.21. The molecule has 4 rings (SSSR count). The van der Waals surface area contributed by atoms with Gasteiger partial charge >= 0.3 is 0 Å². The molecule has 29 heavy (non-hydrogen) atoms. The molecule has 154 valence electrons. The van der Waals surface area contributed by atoms with Crippen molar-refractivity contribution in [2.45, 2.75) is 45.7 Å². The number of rotatable bonds is 6. The van der Waals surface area contributed by atoms with E-state index in [0.29, 0.717) is 24.5 Å². The van der Waals surface area contributed by atoms with Crippen molar-refractivity contribution in [3.8, 4) is 0 Å². The number of nitrogens with zero attached hydrogens (tertiary/aromatic N) is 5. The number of pyridine rings is 1. The fraction of sp³-hybridized carbons (Fsp3) is 0.524. The first-order chi connectivity index (χ1) is 14.1. The van der Waals surface area contributed by atoms with E-state index in [1.807, 2.05) is 19.1 Å². The Labute approximate surface area is 169 Å². The molecule has 2 aromatic heterocycles. The van der Waals surface area contributed by atoms with Crippen LogP contribution in [-0.2, 0) is 11.3 Å². The maximum atomic E-state index is 13.2. The molecule has 3 heterocycles. The zero-order valence-corrected chi connectivity index (χ0v) is 17.3. The molecule has 1 atom stereocenters. The van der Waals surface area contributed by atoms with Crippen molar-refractivity contribution in [3.05, 3.63) is 51.1 Å². The van der Waals surface area contributed by atoms with Gasteiger partial charge in [-0.25, -0.2) is 4.68 Å². The zero-order valence-electron chi connectivity index (χ0n) is 17.3. The summed E-state index contributed by atoms with van der Waals surface area (Å²) in [5.74, 6) is 0.694. The largest absolute Gasteiger partial charge is 0.383 e. The lowest BCUT2D eigenvalue weighted by Gasteiger charge is -2.33. The van der Waals surface area contributed by atoms with Gasteiger partial charge in [0, 0.05) is 18.1 Å². The van der Waals surface area contributed by atoms with Gasteiger partial charge in [-0.1, -0.05) is 18.6 Å². The molecule has 0 unspecified atom stereocenters. The van der Waals surface area contributed by atoms with Gasteiger partial charge in [0.1, 0.15) is 6.04 Å². The Kier molecular flexibility index (Phi) is 5.73. The molecule has 1 aromatic carbocycles. The van der Waals surface area contributed by atoms with Crippen molar-refractivity contribution in [1.29, 1.82) is 0 Å². The van der Waals surface area contributed by atoms with Gasteiger partial charge in [0.2, 0.25) is 0 Å². The first-order valence-electron chi connectivity index (χ1n) is 10.2. The predicted octanol–water partition coefficient (Wildman–Crippen LogP) is 2.35. The monoisotopic (exact) mass is 396 g/mol.